The number of rotatable bonds is 6. The highest BCUT2D eigenvalue weighted by Gasteiger charge is 2.30. The quantitative estimate of drug-likeness (QED) is 0.844. The number of carboxylic acids is 1. The lowest BCUT2D eigenvalue weighted by molar-refractivity contribution is -0.144. The Bertz CT molecular complexity index is 478. The zero-order chi connectivity index (χ0) is 16.1. The number of likely N-dealkylation sites (tertiary alicyclic amines) is 1. The van der Waals surface area contributed by atoms with Gasteiger partial charge in [0.15, 0.2) is 0 Å². The maximum Gasteiger partial charge on any atom is 0.325 e. The summed E-state index contributed by atoms with van der Waals surface area (Å²) in [6.45, 7) is 5.50. The Kier molecular flexibility index (Phi) is 5.80. The predicted molar refractivity (Wildman–Crippen MR) is 84.0 cm³/mol. The third kappa shape index (κ3) is 4.21. The number of aliphatic hydroxyl groups excluding tert-OH is 1. The lowest BCUT2D eigenvalue weighted by Gasteiger charge is -2.35. The molecule has 0 aliphatic carbocycles. The Hall–Kier alpha value is -1.59. The minimum atomic E-state index is -0.833. The molecule has 0 bridgehead atoms. The molecule has 2 rings (SSSR count). The fraction of sp³-hybridized carbons (Fsp3) is 0.588. The Morgan fingerprint density at radius 3 is 2.32 bits per heavy atom. The van der Waals surface area contributed by atoms with Crippen molar-refractivity contribution in [2.45, 2.75) is 38.8 Å². The maximum atomic E-state index is 11.7. The summed E-state index contributed by atoms with van der Waals surface area (Å²) < 4.78 is 5.59. The first-order chi connectivity index (χ1) is 10.5. The molecule has 22 heavy (non-hydrogen) atoms. The zero-order valence-electron chi connectivity index (χ0n) is 13.2. The normalized spacial score (nSPS) is 18.4. The van der Waals surface area contributed by atoms with Crippen LogP contribution in [-0.4, -0.2) is 46.9 Å². The van der Waals surface area contributed by atoms with E-state index >= 15 is 0 Å². The highest BCUT2D eigenvalue weighted by molar-refractivity contribution is 5.75. The molecule has 122 valence electrons. The smallest absolute Gasteiger partial charge is 0.325 e. The number of aliphatic carboxylic acids is 1. The van der Waals surface area contributed by atoms with Crippen molar-refractivity contribution in [3.8, 4) is 5.75 Å². The van der Waals surface area contributed by atoms with Crippen LogP contribution < -0.4 is 4.74 Å². The summed E-state index contributed by atoms with van der Waals surface area (Å²) in [5.41, 5.74) is 0.769. The molecule has 1 heterocycles. The third-order valence-electron chi connectivity index (χ3n) is 4.07. The number of carboxylic acid groups (broad SMARTS) is 1. The van der Waals surface area contributed by atoms with Gasteiger partial charge in [-0.15, -0.1) is 0 Å². The first kappa shape index (κ1) is 16.8. The van der Waals surface area contributed by atoms with Crippen LogP contribution in [0.5, 0.6) is 5.75 Å². The van der Waals surface area contributed by atoms with E-state index in [4.69, 9.17) is 4.74 Å². The van der Waals surface area contributed by atoms with Crippen LogP contribution in [0.1, 0.15) is 38.3 Å². The van der Waals surface area contributed by atoms with E-state index in [9.17, 15) is 15.0 Å². The molecule has 5 nitrogen and oxygen atoms in total. The number of benzene rings is 1. The predicted octanol–water partition coefficient (Wildman–Crippen LogP) is 2.30. The summed E-state index contributed by atoms with van der Waals surface area (Å²) >= 11 is 0. The van der Waals surface area contributed by atoms with E-state index in [-0.39, 0.29) is 12.7 Å². The standard InChI is InChI=1S/C17H25NO4/c1-12(2)22-15-5-3-14(4-6-15)16(17(20)21)18-9-7-13(11-19)8-10-18/h3-6,12-13,16,19H,7-11H2,1-2H3,(H,20,21)/t16-/m0/s1. The van der Waals surface area contributed by atoms with E-state index < -0.39 is 12.0 Å². The lowest BCUT2D eigenvalue weighted by atomic mass is 9.95. The SMILES string of the molecule is CC(C)Oc1ccc([C@@H](C(=O)O)N2CCC(CO)CC2)cc1. The molecule has 5 heteroatoms. The number of aliphatic hydroxyl groups is 1. The molecule has 0 saturated carbocycles. The molecule has 0 unspecified atom stereocenters. The van der Waals surface area contributed by atoms with Gasteiger partial charge >= 0.3 is 5.97 Å². The number of carbonyl (C=O) groups is 1. The molecule has 1 aliphatic rings. The zero-order valence-corrected chi connectivity index (χ0v) is 13.2. The number of nitrogens with zero attached hydrogens (tertiary/aromatic N) is 1. The largest absolute Gasteiger partial charge is 0.491 e. The van der Waals surface area contributed by atoms with Crippen molar-refractivity contribution in [2.24, 2.45) is 5.92 Å². The van der Waals surface area contributed by atoms with Gasteiger partial charge in [-0.05, 0) is 63.4 Å². The highest BCUT2D eigenvalue weighted by atomic mass is 16.5. The minimum absolute atomic E-state index is 0.0960. The summed E-state index contributed by atoms with van der Waals surface area (Å²) in [4.78, 5) is 13.7. The van der Waals surface area contributed by atoms with Crippen molar-refractivity contribution < 1.29 is 19.7 Å². The Balaban J connectivity index is 2.09. The number of hydrogen-bond acceptors (Lipinski definition) is 4. The van der Waals surface area contributed by atoms with E-state index in [0.717, 1.165) is 24.2 Å². The van der Waals surface area contributed by atoms with Crippen LogP contribution in [0.25, 0.3) is 0 Å². The summed E-state index contributed by atoms with van der Waals surface area (Å²) in [5, 5.41) is 18.8. The van der Waals surface area contributed by atoms with Crippen molar-refractivity contribution in [1.82, 2.24) is 4.90 Å². The molecule has 2 N–H and O–H groups in total. The van der Waals surface area contributed by atoms with Gasteiger partial charge in [-0.3, -0.25) is 9.69 Å². The second-order valence-corrected chi connectivity index (χ2v) is 6.14. The Morgan fingerprint density at radius 1 is 1.27 bits per heavy atom. The van der Waals surface area contributed by atoms with E-state index in [2.05, 4.69) is 0 Å². The van der Waals surface area contributed by atoms with Crippen LogP contribution in [0.2, 0.25) is 0 Å². The fourth-order valence-corrected chi connectivity index (χ4v) is 2.90. The number of piperidine rings is 1. The molecule has 1 aromatic carbocycles. The van der Waals surface area contributed by atoms with Gasteiger partial charge in [0.05, 0.1) is 6.10 Å². The van der Waals surface area contributed by atoms with Gasteiger partial charge in [0.2, 0.25) is 0 Å². The third-order valence-corrected chi connectivity index (χ3v) is 4.07. The molecule has 1 atom stereocenters. The average molecular weight is 307 g/mol. The molecular weight excluding hydrogens is 282 g/mol. The van der Waals surface area contributed by atoms with Crippen molar-refractivity contribution in [3.63, 3.8) is 0 Å². The van der Waals surface area contributed by atoms with Crippen LogP contribution in [0.3, 0.4) is 0 Å². The molecule has 0 spiro atoms. The van der Waals surface area contributed by atoms with E-state index in [1.807, 2.05) is 43.0 Å². The molecule has 0 radical (unpaired) electrons. The molecule has 1 fully saturated rings. The van der Waals surface area contributed by atoms with Crippen LogP contribution >= 0.6 is 0 Å². The maximum absolute atomic E-state index is 11.7. The second-order valence-electron chi connectivity index (χ2n) is 6.14. The van der Waals surface area contributed by atoms with Crippen molar-refractivity contribution in [1.29, 1.82) is 0 Å². The molecule has 1 aliphatic heterocycles. The average Bonchev–Trinajstić information content (AvgIpc) is 2.49. The first-order valence-corrected chi connectivity index (χ1v) is 7.85. The molecule has 0 aromatic heterocycles. The van der Waals surface area contributed by atoms with Gasteiger partial charge in [-0.25, -0.2) is 0 Å². The molecule has 1 saturated heterocycles. The van der Waals surface area contributed by atoms with Crippen LogP contribution in [-0.2, 0) is 4.79 Å². The summed E-state index contributed by atoms with van der Waals surface area (Å²) in [6.07, 6.45) is 1.78. The monoisotopic (exact) mass is 307 g/mol. The van der Waals surface area contributed by atoms with Gasteiger partial charge in [0.1, 0.15) is 11.8 Å². The van der Waals surface area contributed by atoms with Crippen LogP contribution in [0.15, 0.2) is 24.3 Å². The first-order valence-electron chi connectivity index (χ1n) is 7.85. The summed E-state index contributed by atoms with van der Waals surface area (Å²) in [5.74, 6) is 0.217. The van der Waals surface area contributed by atoms with Gasteiger partial charge in [0, 0.05) is 6.61 Å². The number of ether oxygens (including phenoxy) is 1. The second kappa shape index (κ2) is 7.61. The lowest BCUT2D eigenvalue weighted by Crippen LogP contribution is -2.40. The highest BCUT2D eigenvalue weighted by Crippen LogP contribution is 2.28. The summed E-state index contributed by atoms with van der Waals surface area (Å²) in [7, 11) is 0. The topological polar surface area (TPSA) is 70.0 Å². The van der Waals surface area contributed by atoms with Gasteiger partial charge in [-0.1, -0.05) is 12.1 Å². The van der Waals surface area contributed by atoms with E-state index in [1.54, 1.807) is 0 Å². The van der Waals surface area contributed by atoms with Gasteiger partial charge in [0.25, 0.3) is 0 Å². The molecular formula is C17H25NO4. The fourth-order valence-electron chi connectivity index (χ4n) is 2.90. The summed E-state index contributed by atoms with van der Waals surface area (Å²) in [6, 6.07) is 6.67. The van der Waals surface area contributed by atoms with Gasteiger partial charge < -0.3 is 14.9 Å². The van der Waals surface area contributed by atoms with Crippen LogP contribution in [0, 0.1) is 5.92 Å². The number of hydrogen-bond donors (Lipinski definition) is 2. The van der Waals surface area contributed by atoms with Gasteiger partial charge in [-0.2, -0.15) is 0 Å². The Labute approximate surface area is 131 Å². The molecule has 1 aromatic rings. The van der Waals surface area contributed by atoms with E-state index in [0.29, 0.717) is 19.0 Å². The van der Waals surface area contributed by atoms with Crippen molar-refractivity contribution >= 4 is 5.97 Å². The van der Waals surface area contributed by atoms with E-state index in [1.165, 1.54) is 0 Å². The minimum Gasteiger partial charge on any atom is -0.491 e. The van der Waals surface area contributed by atoms with Crippen LogP contribution in [0.4, 0.5) is 0 Å². The molecule has 0 amide bonds. The van der Waals surface area contributed by atoms with Crippen molar-refractivity contribution in [2.75, 3.05) is 19.7 Å². The van der Waals surface area contributed by atoms with Crippen molar-refractivity contribution in [3.05, 3.63) is 29.8 Å². The Morgan fingerprint density at radius 2 is 1.86 bits per heavy atom.